The normalized spacial score (nSPS) is 15.3. The smallest absolute Gasteiger partial charge is 4.00 e. The van der Waals surface area contributed by atoms with E-state index in [9.17, 15) is 7.00 Å². The molecular formula is C29H59F2GeHfN3. The van der Waals surface area contributed by atoms with Crippen LogP contribution < -0.4 is 4.40 Å². The van der Waals surface area contributed by atoms with Crippen LogP contribution in [0.2, 0.25) is 0 Å². The molecule has 0 spiro atoms. The summed E-state index contributed by atoms with van der Waals surface area (Å²) < 4.78 is 23.9. The number of rotatable bonds is 13. The van der Waals surface area contributed by atoms with E-state index in [-0.39, 0.29) is 30.2 Å². The number of halogens is 2. The Morgan fingerprint density at radius 1 is 0.528 bits per heavy atom. The fourth-order valence-corrected chi connectivity index (χ4v) is 3.55. The van der Waals surface area contributed by atoms with Crippen LogP contribution in [0.5, 0.6) is 0 Å². The molecule has 7 heteroatoms. The van der Waals surface area contributed by atoms with E-state index in [0.717, 1.165) is 0 Å². The van der Waals surface area contributed by atoms with Crippen molar-refractivity contribution in [3.05, 3.63) is 40.2 Å². The van der Waals surface area contributed by atoms with Gasteiger partial charge < -0.3 is 16.0 Å². The summed E-state index contributed by atoms with van der Waals surface area (Å²) in [5.41, 5.74) is 0. The average Bonchev–Trinajstić information content (AvgIpc) is 3.40. The maximum atomic E-state index is 11.8. The van der Waals surface area contributed by atoms with Gasteiger partial charge in [0.2, 0.25) is 0 Å². The summed E-state index contributed by atoms with van der Waals surface area (Å²) in [7, 11) is 0. The quantitative estimate of drug-likeness (QED) is 0.143. The average molecular weight is 739 g/mol. The maximum Gasteiger partial charge on any atom is 4.00 e. The minimum atomic E-state index is -3.89. The molecule has 6 atom stereocenters. The molecular weight excluding hydrogens is 679 g/mol. The summed E-state index contributed by atoms with van der Waals surface area (Å²) in [6, 6.07) is 9.61. The summed E-state index contributed by atoms with van der Waals surface area (Å²) in [4.78, 5) is 0. The molecule has 0 amide bonds. The van der Waals surface area contributed by atoms with Crippen molar-refractivity contribution in [3.63, 3.8) is 0 Å². The topological polar surface area (TPSA) is 42.3 Å². The van der Waals surface area contributed by atoms with Crippen LogP contribution in [0.15, 0.2) is 24.3 Å². The minimum Gasteiger partial charge on any atom is 4.00 e. The van der Waals surface area contributed by atoms with E-state index in [1.54, 1.807) is 12.1 Å². The van der Waals surface area contributed by atoms with Gasteiger partial charge in [-0.15, -0.1) is 36.3 Å². The van der Waals surface area contributed by atoms with Gasteiger partial charge in [-0.1, -0.05) is 122 Å². The molecule has 0 radical (unpaired) electrons. The zero-order valence-electron chi connectivity index (χ0n) is 25.7. The van der Waals surface area contributed by atoms with Gasteiger partial charge >= 0.3 is 76.8 Å². The fraction of sp³-hybridized carbons (Fsp3) is 0.828. The van der Waals surface area contributed by atoms with Crippen LogP contribution >= 0.6 is 0 Å². The summed E-state index contributed by atoms with van der Waals surface area (Å²) >= 11 is -3.89. The SMILES string of the molecule is CCC(C)[N-]C(C)CC.CCC(C)[N-]C(C)CC.CCC(C)[N-]C(C)CC.[F][GeH]([F])[c-]1cccc1.[Hf+4]. The largest absolute Gasteiger partial charge is 4.00 e. The van der Waals surface area contributed by atoms with Crippen LogP contribution in [-0.2, 0) is 25.8 Å². The number of hydrogen-bond acceptors (Lipinski definition) is 0. The molecule has 0 heterocycles. The molecule has 6 unspecified atom stereocenters. The Balaban J connectivity index is -0.000000188. The molecule has 3 nitrogen and oxygen atoms in total. The predicted octanol–water partition coefficient (Wildman–Crippen LogP) is 9.64. The van der Waals surface area contributed by atoms with Crippen molar-refractivity contribution in [2.75, 3.05) is 0 Å². The Bertz CT molecular complexity index is 454. The summed E-state index contributed by atoms with van der Waals surface area (Å²) in [5.74, 6) is 0. The molecule has 0 saturated carbocycles. The molecule has 1 aromatic carbocycles. The zero-order valence-corrected chi connectivity index (χ0v) is 31.7. The second-order valence-electron chi connectivity index (χ2n) is 9.51. The van der Waals surface area contributed by atoms with Crippen molar-refractivity contribution in [1.82, 2.24) is 0 Å². The summed E-state index contributed by atoms with van der Waals surface area (Å²) in [6.07, 6.45) is 7.03. The van der Waals surface area contributed by atoms with Gasteiger partial charge in [-0.05, 0) is 0 Å². The van der Waals surface area contributed by atoms with Gasteiger partial charge in [0, 0.05) is 0 Å². The maximum absolute atomic E-state index is 11.8. The number of nitrogens with zero attached hydrogens (tertiary/aromatic N) is 3. The Morgan fingerprint density at radius 3 is 0.833 bits per heavy atom. The predicted molar refractivity (Wildman–Crippen MR) is 160 cm³/mol. The van der Waals surface area contributed by atoms with E-state index in [2.05, 4.69) is 99.0 Å². The third-order valence-corrected chi connectivity index (χ3v) is 7.88. The van der Waals surface area contributed by atoms with E-state index in [0.29, 0.717) is 36.3 Å². The zero-order chi connectivity index (χ0) is 27.8. The summed E-state index contributed by atoms with van der Waals surface area (Å²) in [6.45, 7) is 26.1. The van der Waals surface area contributed by atoms with Crippen LogP contribution in [0.1, 0.15) is 122 Å². The molecule has 1 rings (SSSR count). The van der Waals surface area contributed by atoms with Gasteiger partial charge in [-0.2, -0.15) is 0 Å². The van der Waals surface area contributed by atoms with Crippen molar-refractivity contribution in [1.29, 1.82) is 0 Å². The van der Waals surface area contributed by atoms with Crippen molar-refractivity contribution in [3.8, 4) is 0 Å². The molecule has 0 saturated heterocycles. The molecule has 0 aliphatic carbocycles. The molecule has 0 aliphatic rings. The number of hydrogen-bond donors (Lipinski definition) is 0. The van der Waals surface area contributed by atoms with Crippen LogP contribution in [0, 0.1) is 0 Å². The van der Waals surface area contributed by atoms with E-state index in [4.69, 9.17) is 0 Å². The first-order valence-corrected chi connectivity index (χ1v) is 17.1. The van der Waals surface area contributed by atoms with Gasteiger partial charge in [0.15, 0.2) is 0 Å². The third-order valence-electron chi connectivity index (χ3n) is 6.01. The standard InChI is InChI=1S/3C8H18N.C5H5F2Ge.Hf/c3*1-5-7(3)9-8(4)6-2;6-8(7)5-3-1-2-4-5;/h3*7-8H,5-6H2,1-4H3;1-4,8H;/q4*-1;+4. The summed E-state index contributed by atoms with van der Waals surface area (Å²) in [5, 5.41) is 13.5. The molecule has 1 aromatic rings. The van der Waals surface area contributed by atoms with Gasteiger partial charge in [-0.25, -0.2) is 0 Å². The van der Waals surface area contributed by atoms with Gasteiger partial charge in [0.05, 0.1) is 0 Å². The van der Waals surface area contributed by atoms with E-state index >= 15 is 0 Å². The van der Waals surface area contributed by atoms with Crippen molar-refractivity contribution in [2.24, 2.45) is 0 Å². The fourth-order valence-electron chi connectivity index (χ4n) is 2.47. The van der Waals surface area contributed by atoms with Crippen LogP contribution in [0.25, 0.3) is 16.0 Å². The molecule has 0 N–H and O–H groups in total. The van der Waals surface area contributed by atoms with Crippen molar-refractivity contribution in [2.45, 2.75) is 158 Å². The first kappa shape index (κ1) is 43.6. The van der Waals surface area contributed by atoms with Crippen molar-refractivity contribution >= 4 is 19.7 Å². The molecule has 0 bridgehead atoms. The van der Waals surface area contributed by atoms with E-state index in [1.807, 2.05) is 0 Å². The van der Waals surface area contributed by atoms with Crippen molar-refractivity contribution < 1.29 is 32.8 Å². The van der Waals surface area contributed by atoms with Gasteiger partial charge in [-0.3, -0.25) is 0 Å². The van der Waals surface area contributed by atoms with Crippen LogP contribution in [0.4, 0.5) is 7.00 Å². The first-order valence-electron chi connectivity index (χ1n) is 14.0. The first-order chi connectivity index (χ1) is 16.4. The van der Waals surface area contributed by atoms with E-state index in [1.165, 1.54) is 50.7 Å². The second kappa shape index (κ2) is 30.1. The van der Waals surface area contributed by atoms with Crippen LogP contribution in [-0.4, -0.2) is 51.5 Å². The molecule has 0 fully saturated rings. The molecule has 0 aromatic heterocycles. The Labute approximate surface area is 249 Å². The molecule has 0 aliphatic heterocycles. The van der Waals surface area contributed by atoms with Gasteiger partial charge in [0.1, 0.15) is 0 Å². The third kappa shape index (κ3) is 30.7. The second-order valence-corrected chi connectivity index (χ2v) is 12.2. The van der Waals surface area contributed by atoms with Gasteiger partial charge in [0.25, 0.3) is 0 Å². The molecule has 36 heavy (non-hydrogen) atoms. The van der Waals surface area contributed by atoms with E-state index < -0.39 is 15.3 Å². The Kier molecular flexibility index (Phi) is 36.4. The Morgan fingerprint density at radius 2 is 0.722 bits per heavy atom. The molecule has 212 valence electrons. The monoisotopic (exact) mass is 741 g/mol. The Hall–Kier alpha value is 0.503. The van der Waals surface area contributed by atoms with Crippen LogP contribution in [0.3, 0.4) is 0 Å². The minimum absolute atomic E-state index is 0.